The third-order valence-corrected chi connectivity index (χ3v) is 5.83. The first-order valence-corrected chi connectivity index (χ1v) is 9.63. The Morgan fingerprint density at radius 3 is 2.50 bits per heavy atom. The lowest BCUT2D eigenvalue weighted by atomic mass is 10.1. The maximum absolute atomic E-state index is 13.2. The van der Waals surface area contributed by atoms with Crippen molar-refractivity contribution in [3.05, 3.63) is 40.6 Å². The highest BCUT2D eigenvalue weighted by atomic mass is 32.1. The number of thiophene rings is 1. The number of piperidine rings is 1. The van der Waals surface area contributed by atoms with Crippen LogP contribution in [0, 0.1) is 0 Å². The number of hydrogen-bond acceptors (Lipinski definition) is 4. The van der Waals surface area contributed by atoms with Gasteiger partial charge < -0.3 is 14.7 Å². The van der Waals surface area contributed by atoms with E-state index in [-0.39, 0.29) is 5.91 Å². The lowest BCUT2D eigenvalue weighted by molar-refractivity contribution is 0.0984. The molecule has 3 heterocycles. The minimum absolute atomic E-state index is 0.125. The third-order valence-electron chi connectivity index (χ3n) is 5.10. The van der Waals surface area contributed by atoms with Crippen LogP contribution in [-0.4, -0.2) is 44.0 Å². The van der Waals surface area contributed by atoms with Gasteiger partial charge >= 0.3 is 0 Å². The highest BCUT2D eigenvalue weighted by Crippen LogP contribution is 2.40. The van der Waals surface area contributed by atoms with Crippen molar-refractivity contribution in [2.24, 2.45) is 0 Å². The first kappa shape index (κ1) is 15.7. The summed E-state index contributed by atoms with van der Waals surface area (Å²) in [6.07, 6.45) is 3.90. The van der Waals surface area contributed by atoms with Crippen molar-refractivity contribution >= 4 is 34.3 Å². The van der Waals surface area contributed by atoms with Crippen LogP contribution < -0.4 is 9.80 Å². The minimum atomic E-state index is 0.125. The van der Waals surface area contributed by atoms with Crippen molar-refractivity contribution < 1.29 is 4.79 Å². The third kappa shape index (κ3) is 2.72. The summed E-state index contributed by atoms with van der Waals surface area (Å²) in [5, 5.41) is 4.05. The first-order valence-electron chi connectivity index (χ1n) is 8.69. The largest absolute Gasteiger partial charge is 0.342 e. The van der Waals surface area contributed by atoms with Crippen LogP contribution in [0.5, 0.6) is 0 Å². The molecule has 0 atom stereocenters. The summed E-state index contributed by atoms with van der Waals surface area (Å²) in [6, 6.07) is 8.23. The fourth-order valence-corrected chi connectivity index (χ4v) is 4.56. The molecule has 1 saturated heterocycles. The van der Waals surface area contributed by atoms with E-state index in [0.29, 0.717) is 0 Å². The average Bonchev–Trinajstić information content (AvgIpc) is 3.09. The van der Waals surface area contributed by atoms with E-state index in [9.17, 15) is 4.79 Å². The number of hydrogen-bond donors (Lipinski definition) is 0. The van der Waals surface area contributed by atoms with Gasteiger partial charge in [-0.25, -0.2) is 0 Å². The lowest BCUT2D eigenvalue weighted by Crippen LogP contribution is -2.40. The Bertz CT molecular complexity index is 736. The van der Waals surface area contributed by atoms with E-state index >= 15 is 0 Å². The highest BCUT2D eigenvalue weighted by molar-refractivity contribution is 7.08. The number of para-hydroxylation sites is 2. The lowest BCUT2D eigenvalue weighted by Gasteiger charge is -2.30. The van der Waals surface area contributed by atoms with E-state index in [0.717, 1.165) is 48.8 Å². The zero-order valence-corrected chi connectivity index (χ0v) is 14.9. The van der Waals surface area contributed by atoms with Crippen LogP contribution >= 0.6 is 11.3 Å². The molecule has 0 saturated carbocycles. The monoisotopic (exact) mass is 341 g/mol. The van der Waals surface area contributed by atoms with Crippen molar-refractivity contribution in [2.75, 3.05) is 43.0 Å². The zero-order chi connectivity index (χ0) is 16.5. The Kier molecular flexibility index (Phi) is 4.29. The Balaban J connectivity index is 1.66. The molecular formula is C19H23N3OS. The van der Waals surface area contributed by atoms with Gasteiger partial charge in [0, 0.05) is 30.9 Å². The first-order chi connectivity index (χ1) is 11.8. The van der Waals surface area contributed by atoms with Crippen molar-refractivity contribution in [3.63, 3.8) is 0 Å². The summed E-state index contributed by atoms with van der Waals surface area (Å²) in [4.78, 5) is 19.8. The van der Waals surface area contributed by atoms with Crippen LogP contribution in [0.25, 0.3) is 0 Å². The number of amides is 1. The molecule has 0 bridgehead atoms. The molecule has 1 amide bonds. The fourth-order valence-electron chi connectivity index (χ4n) is 3.72. The van der Waals surface area contributed by atoms with Crippen LogP contribution in [0.3, 0.4) is 0 Å². The number of nitrogens with zero attached hydrogens (tertiary/aromatic N) is 3. The molecule has 1 aromatic carbocycles. The predicted octanol–water partition coefficient (Wildman–Crippen LogP) is 3.96. The van der Waals surface area contributed by atoms with Gasteiger partial charge in [0.2, 0.25) is 0 Å². The van der Waals surface area contributed by atoms with E-state index in [4.69, 9.17) is 0 Å². The van der Waals surface area contributed by atoms with Crippen molar-refractivity contribution in [1.82, 2.24) is 4.90 Å². The van der Waals surface area contributed by atoms with Gasteiger partial charge in [0.1, 0.15) is 0 Å². The Morgan fingerprint density at radius 2 is 1.71 bits per heavy atom. The summed E-state index contributed by atoms with van der Waals surface area (Å²) in [6.45, 7) is 4.02. The highest BCUT2D eigenvalue weighted by Gasteiger charge is 2.30. The molecule has 2 aromatic rings. The summed E-state index contributed by atoms with van der Waals surface area (Å²) >= 11 is 1.60. The normalized spacial score (nSPS) is 18.3. The number of carbonyl (C=O) groups is 1. The molecule has 1 fully saturated rings. The number of rotatable bonds is 3. The second kappa shape index (κ2) is 6.57. The quantitative estimate of drug-likeness (QED) is 0.845. The molecule has 0 N–H and O–H groups in total. The van der Waals surface area contributed by atoms with Crippen LogP contribution in [0.15, 0.2) is 35.0 Å². The Hall–Kier alpha value is -1.85. The molecule has 126 valence electrons. The number of benzene rings is 1. The predicted molar refractivity (Wildman–Crippen MR) is 101 cm³/mol. The van der Waals surface area contributed by atoms with Gasteiger partial charge in [-0.15, -0.1) is 11.3 Å². The maximum atomic E-state index is 13.2. The molecule has 1 aromatic heterocycles. The van der Waals surface area contributed by atoms with E-state index < -0.39 is 0 Å². The molecule has 0 aliphatic carbocycles. The smallest absolute Gasteiger partial charge is 0.261 e. The summed E-state index contributed by atoms with van der Waals surface area (Å²) in [7, 11) is 2.05. The number of fused-ring (bicyclic) bond motifs is 2. The molecule has 0 radical (unpaired) electrons. The topological polar surface area (TPSA) is 26.8 Å². The molecule has 0 unspecified atom stereocenters. The van der Waals surface area contributed by atoms with Crippen molar-refractivity contribution in [2.45, 2.75) is 19.3 Å². The maximum Gasteiger partial charge on any atom is 0.261 e. The van der Waals surface area contributed by atoms with Gasteiger partial charge in [-0.2, -0.15) is 0 Å². The Morgan fingerprint density at radius 1 is 0.958 bits per heavy atom. The Labute approximate surface area is 147 Å². The van der Waals surface area contributed by atoms with Crippen molar-refractivity contribution in [1.29, 1.82) is 0 Å². The van der Waals surface area contributed by atoms with Gasteiger partial charge in [0.15, 0.2) is 0 Å². The van der Waals surface area contributed by atoms with E-state index in [2.05, 4.69) is 27.3 Å². The van der Waals surface area contributed by atoms with Gasteiger partial charge in [0.25, 0.3) is 5.91 Å². The standard InChI is InChI=1S/C19H23N3OS/c1-20-16-7-3-4-8-17(16)22(12-11-21-9-5-2-6-10-21)19(23)15-13-24-14-18(15)20/h3-4,7-8,13-14H,2,5-6,9-12H2,1H3. The molecule has 24 heavy (non-hydrogen) atoms. The molecule has 4 rings (SSSR count). The van der Waals surface area contributed by atoms with Gasteiger partial charge in [0.05, 0.1) is 22.6 Å². The van der Waals surface area contributed by atoms with Crippen LogP contribution in [-0.2, 0) is 0 Å². The van der Waals surface area contributed by atoms with Crippen LogP contribution in [0.1, 0.15) is 29.6 Å². The molecule has 0 spiro atoms. The average molecular weight is 341 g/mol. The van der Waals surface area contributed by atoms with E-state index in [1.165, 1.54) is 19.3 Å². The molecular weight excluding hydrogens is 318 g/mol. The number of likely N-dealkylation sites (tertiary alicyclic amines) is 1. The van der Waals surface area contributed by atoms with Gasteiger partial charge in [-0.05, 0) is 38.1 Å². The second-order valence-electron chi connectivity index (χ2n) is 6.58. The number of anilines is 3. The van der Waals surface area contributed by atoms with Gasteiger partial charge in [-0.3, -0.25) is 4.79 Å². The zero-order valence-electron chi connectivity index (χ0n) is 14.1. The van der Waals surface area contributed by atoms with Gasteiger partial charge in [-0.1, -0.05) is 18.6 Å². The van der Waals surface area contributed by atoms with E-state index in [1.807, 2.05) is 29.5 Å². The van der Waals surface area contributed by atoms with Crippen LogP contribution in [0.2, 0.25) is 0 Å². The van der Waals surface area contributed by atoms with E-state index in [1.54, 1.807) is 11.3 Å². The second-order valence-corrected chi connectivity index (χ2v) is 7.32. The number of carbonyl (C=O) groups excluding carboxylic acids is 1. The molecule has 2 aliphatic rings. The van der Waals surface area contributed by atoms with Crippen LogP contribution in [0.4, 0.5) is 17.1 Å². The SMILES string of the molecule is CN1c2cscc2C(=O)N(CCN2CCCCC2)c2ccccc21. The summed E-state index contributed by atoms with van der Waals surface area (Å²) in [5.41, 5.74) is 3.94. The molecule has 2 aliphatic heterocycles. The minimum Gasteiger partial charge on any atom is -0.342 e. The fraction of sp³-hybridized carbons (Fsp3) is 0.421. The molecule has 5 heteroatoms. The van der Waals surface area contributed by atoms with Crippen molar-refractivity contribution in [3.8, 4) is 0 Å². The molecule has 4 nitrogen and oxygen atoms in total. The summed E-state index contributed by atoms with van der Waals surface area (Å²) < 4.78 is 0. The summed E-state index contributed by atoms with van der Waals surface area (Å²) in [5.74, 6) is 0.125.